The summed E-state index contributed by atoms with van der Waals surface area (Å²) >= 11 is 0. The molecule has 0 bridgehead atoms. The van der Waals surface area contributed by atoms with Gasteiger partial charge in [-0.15, -0.1) is 0 Å². The first-order valence-electron chi connectivity index (χ1n) is 6.14. The van der Waals surface area contributed by atoms with E-state index in [2.05, 4.69) is 15.2 Å². The van der Waals surface area contributed by atoms with E-state index in [0.29, 0.717) is 22.2 Å². The number of H-pyrrole nitrogens is 1. The Hall–Kier alpha value is -3.02. The van der Waals surface area contributed by atoms with Crippen molar-refractivity contribution in [3.8, 4) is 0 Å². The molecule has 0 aliphatic carbocycles. The van der Waals surface area contributed by atoms with Crippen molar-refractivity contribution in [2.24, 2.45) is 0 Å². The molecule has 1 aromatic carbocycles. The minimum Gasteiger partial charge on any atom is -0.477 e. The number of aromatic amines is 1. The molecule has 3 aromatic rings. The first-order chi connectivity index (χ1) is 10.1. The maximum atomic E-state index is 13.1. The zero-order valence-corrected chi connectivity index (χ0v) is 10.7. The molecule has 0 amide bonds. The number of benzene rings is 1. The van der Waals surface area contributed by atoms with Crippen molar-refractivity contribution in [2.45, 2.75) is 0 Å². The van der Waals surface area contributed by atoms with Crippen molar-refractivity contribution in [3.63, 3.8) is 0 Å². The van der Waals surface area contributed by atoms with E-state index in [1.54, 1.807) is 24.3 Å². The Kier molecular flexibility index (Phi) is 3.19. The molecule has 2 N–H and O–H groups in total. The van der Waals surface area contributed by atoms with E-state index in [1.165, 1.54) is 24.4 Å². The van der Waals surface area contributed by atoms with Crippen LogP contribution in [-0.2, 0) is 0 Å². The van der Waals surface area contributed by atoms with Crippen molar-refractivity contribution in [2.75, 3.05) is 0 Å². The number of halogens is 1. The highest BCUT2D eigenvalue weighted by Crippen LogP contribution is 2.18. The van der Waals surface area contributed by atoms with Gasteiger partial charge >= 0.3 is 5.97 Å². The number of hydrogen-bond acceptors (Lipinski definition) is 3. The number of carboxylic acid groups (broad SMARTS) is 1. The van der Waals surface area contributed by atoms with Gasteiger partial charge in [0.15, 0.2) is 0 Å². The van der Waals surface area contributed by atoms with Crippen molar-refractivity contribution in [1.29, 1.82) is 0 Å². The summed E-state index contributed by atoms with van der Waals surface area (Å²) in [6, 6.07) is 7.59. The van der Waals surface area contributed by atoms with E-state index in [-0.39, 0.29) is 11.5 Å². The molecule has 0 saturated carbocycles. The van der Waals surface area contributed by atoms with Gasteiger partial charge < -0.3 is 5.11 Å². The number of aromatic nitrogens is 3. The Morgan fingerprint density at radius 3 is 2.90 bits per heavy atom. The van der Waals surface area contributed by atoms with E-state index in [4.69, 9.17) is 5.11 Å². The fourth-order valence-corrected chi connectivity index (χ4v) is 1.97. The van der Waals surface area contributed by atoms with Crippen molar-refractivity contribution in [1.82, 2.24) is 15.2 Å². The summed E-state index contributed by atoms with van der Waals surface area (Å²) < 4.78 is 13.1. The molecular weight excluding hydrogens is 273 g/mol. The molecule has 104 valence electrons. The maximum absolute atomic E-state index is 13.1. The largest absolute Gasteiger partial charge is 0.477 e. The van der Waals surface area contributed by atoms with Crippen molar-refractivity contribution < 1.29 is 14.3 Å². The van der Waals surface area contributed by atoms with Gasteiger partial charge in [-0.2, -0.15) is 5.10 Å². The van der Waals surface area contributed by atoms with Crippen LogP contribution in [0.2, 0.25) is 0 Å². The van der Waals surface area contributed by atoms with E-state index in [9.17, 15) is 9.18 Å². The second-order valence-corrected chi connectivity index (χ2v) is 4.42. The van der Waals surface area contributed by atoms with Gasteiger partial charge in [-0.1, -0.05) is 18.2 Å². The van der Waals surface area contributed by atoms with E-state index < -0.39 is 5.97 Å². The number of fused-ring (bicyclic) bond motifs is 1. The predicted molar refractivity (Wildman–Crippen MR) is 76.2 cm³/mol. The lowest BCUT2D eigenvalue weighted by molar-refractivity contribution is 0.0690. The molecule has 3 rings (SSSR count). The van der Waals surface area contributed by atoms with E-state index >= 15 is 0 Å². The van der Waals surface area contributed by atoms with Gasteiger partial charge in [0.25, 0.3) is 0 Å². The lowest BCUT2D eigenvalue weighted by atomic mass is 10.1. The quantitative estimate of drug-likeness (QED) is 0.774. The van der Waals surface area contributed by atoms with Crippen LogP contribution >= 0.6 is 0 Å². The third-order valence-electron chi connectivity index (χ3n) is 2.98. The molecule has 0 unspecified atom stereocenters. The molecule has 6 heteroatoms. The van der Waals surface area contributed by atoms with Gasteiger partial charge in [0.2, 0.25) is 0 Å². The molecule has 2 aromatic heterocycles. The van der Waals surface area contributed by atoms with Crippen molar-refractivity contribution >= 4 is 29.0 Å². The first kappa shape index (κ1) is 13.0. The summed E-state index contributed by atoms with van der Waals surface area (Å²) in [5.41, 5.74) is 1.85. The second kappa shape index (κ2) is 5.16. The summed E-state index contributed by atoms with van der Waals surface area (Å²) in [6.07, 6.45) is 4.82. The van der Waals surface area contributed by atoms with E-state index in [0.717, 1.165) is 0 Å². The summed E-state index contributed by atoms with van der Waals surface area (Å²) in [7, 11) is 0. The highest BCUT2D eigenvalue weighted by molar-refractivity contribution is 5.94. The number of carboxylic acids is 1. The number of hydrogen-bond donors (Lipinski definition) is 2. The van der Waals surface area contributed by atoms with Gasteiger partial charge in [-0.05, 0) is 29.8 Å². The molecule has 0 atom stereocenters. The van der Waals surface area contributed by atoms with Crippen LogP contribution in [-0.4, -0.2) is 26.3 Å². The minimum atomic E-state index is -1.10. The van der Waals surface area contributed by atoms with E-state index in [1.807, 2.05) is 0 Å². The molecular formula is C15H10FN3O2. The van der Waals surface area contributed by atoms with Gasteiger partial charge in [0.1, 0.15) is 11.5 Å². The fourth-order valence-electron chi connectivity index (χ4n) is 1.97. The fraction of sp³-hybridized carbons (Fsp3) is 0. The number of rotatable bonds is 3. The van der Waals surface area contributed by atoms with Gasteiger partial charge in [-0.3, -0.25) is 5.10 Å². The average molecular weight is 283 g/mol. The van der Waals surface area contributed by atoms with Gasteiger partial charge in [-0.25, -0.2) is 14.2 Å². The topological polar surface area (TPSA) is 78.9 Å². The molecule has 0 fully saturated rings. The lowest BCUT2D eigenvalue weighted by Crippen LogP contribution is -1.98. The lowest BCUT2D eigenvalue weighted by Gasteiger charge is -1.95. The third-order valence-corrected chi connectivity index (χ3v) is 2.98. The highest BCUT2D eigenvalue weighted by Gasteiger charge is 2.09. The predicted octanol–water partition coefficient (Wildman–Crippen LogP) is 2.97. The maximum Gasteiger partial charge on any atom is 0.354 e. The normalized spacial score (nSPS) is 11.3. The molecule has 2 heterocycles. The van der Waals surface area contributed by atoms with Crippen LogP contribution in [0.4, 0.5) is 4.39 Å². The number of aromatic carboxylic acids is 1. The molecule has 5 nitrogen and oxygen atoms in total. The van der Waals surface area contributed by atoms with Crippen LogP contribution < -0.4 is 0 Å². The summed E-state index contributed by atoms with van der Waals surface area (Å²) in [4.78, 5) is 14.7. The Bertz CT molecular complexity index is 855. The van der Waals surface area contributed by atoms with Crippen LogP contribution in [0.15, 0.2) is 36.5 Å². The molecule has 0 saturated heterocycles. The molecule has 21 heavy (non-hydrogen) atoms. The summed E-state index contributed by atoms with van der Waals surface area (Å²) in [5.74, 6) is -1.42. The van der Waals surface area contributed by atoms with Crippen LogP contribution in [0.5, 0.6) is 0 Å². The van der Waals surface area contributed by atoms with Crippen LogP contribution in [0.1, 0.15) is 21.7 Å². The number of nitrogens with zero attached hydrogens (tertiary/aromatic N) is 2. The molecule has 0 radical (unpaired) electrons. The first-order valence-corrected chi connectivity index (χ1v) is 6.14. The minimum absolute atomic E-state index is 0.0516. The molecule has 0 aliphatic heterocycles. The number of pyridine rings is 1. The SMILES string of the molecule is O=C(O)c1cc2c(/C=C/c3cccc(F)c3)n[nH]c2cn1. The van der Waals surface area contributed by atoms with Crippen LogP contribution in [0, 0.1) is 5.82 Å². The third kappa shape index (κ3) is 2.64. The van der Waals surface area contributed by atoms with Crippen molar-refractivity contribution in [3.05, 3.63) is 59.3 Å². The molecule has 0 aliphatic rings. The Morgan fingerprint density at radius 1 is 1.29 bits per heavy atom. The summed E-state index contributed by atoms with van der Waals surface area (Å²) in [5, 5.41) is 16.5. The Balaban J connectivity index is 2.00. The number of carbonyl (C=O) groups is 1. The van der Waals surface area contributed by atoms with Gasteiger partial charge in [0.05, 0.1) is 17.4 Å². The summed E-state index contributed by atoms with van der Waals surface area (Å²) in [6.45, 7) is 0. The number of nitrogens with one attached hydrogen (secondary N) is 1. The molecule has 0 spiro atoms. The zero-order valence-electron chi connectivity index (χ0n) is 10.7. The van der Waals surface area contributed by atoms with Crippen LogP contribution in [0.3, 0.4) is 0 Å². The zero-order chi connectivity index (χ0) is 14.8. The smallest absolute Gasteiger partial charge is 0.354 e. The second-order valence-electron chi connectivity index (χ2n) is 4.42. The highest BCUT2D eigenvalue weighted by atomic mass is 19.1. The van der Waals surface area contributed by atoms with Crippen LogP contribution in [0.25, 0.3) is 23.1 Å². The van der Waals surface area contributed by atoms with Gasteiger partial charge in [0, 0.05) is 5.39 Å². The Morgan fingerprint density at radius 2 is 2.14 bits per heavy atom. The monoisotopic (exact) mass is 283 g/mol. The standard InChI is InChI=1S/C15H10FN3O2/c16-10-3-1-2-9(6-10)4-5-12-11-7-13(15(20)21)17-8-14(11)19-18-12/h1-8H,(H,18,19)(H,20,21)/b5-4+. The Labute approximate surface area is 118 Å². The average Bonchev–Trinajstić information content (AvgIpc) is 2.87.